The van der Waals surface area contributed by atoms with Gasteiger partial charge in [-0.3, -0.25) is 0 Å². The van der Waals surface area contributed by atoms with Crippen molar-refractivity contribution in [3.63, 3.8) is 0 Å². The van der Waals surface area contributed by atoms with E-state index < -0.39 is 0 Å². The van der Waals surface area contributed by atoms with E-state index in [0.29, 0.717) is 13.2 Å². The molecule has 21 heavy (non-hydrogen) atoms. The van der Waals surface area contributed by atoms with Crippen LogP contribution in [0.25, 0.3) is 0 Å². The second-order valence-electron chi connectivity index (χ2n) is 5.97. The molecule has 0 saturated heterocycles. The third-order valence-electron chi connectivity index (χ3n) is 4.22. The van der Waals surface area contributed by atoms with Crippen LogP contribution >= 0.6 is 0 Å². The Kier molecular flexibility index (Phi) is 3.60. The van der Waals surface area contributed by atoms with E-state index >= 15 is 0 Å². The van der Waals surface area contributed by atoms with Crippen molar-refractivity contribution in [3.05, 3.63) is 59.7 Å². The summed E-state index contributed by atoms with van der Waals surface area (Å²) in [6.07, 6.45) is 0. The van der Waals surface area contributed by atoms with E-state index in [0.717, 1.165) is 17.1 Å². The number of rotatable bonds is 3. The van der Waals surface area contributed by atoms with Gasteiger partial charge in [-0.25, -0.2) is 0 Å². The van der Waals surface area contributed by atoms with Crippen molar-refractivity contribution < 1.29 is 9.47 Å². The van der Waals surface area contributed by atoms with Crippen LogP contribution in [0, 0.1) is 0 Å². The van der Waals surface area contributed by atoms with Crippen LogP contribution in [-0.4, -0.2) is 13.2 Å². The summed E-state index contributed by atoms with van der Waals surface area (Å²) in [7, 11) is 0. The molecule has 3 heteroatoms. The fourth-order valence-corrected chi connectivity index (χ4v) is 2.72. The molecular formula is C18H21NO2. The van der Waals surface area contributed by atoms with Gasteiger partial charge < -0.3 is 15.2 Å². The molecule has 0 saturated carbocycles. The number of nitrogens with two attached hydrogens (primary N) is 1. The van der Waals surface area contributed by atoms with Crippen molar-refractivity contribution in [2.45, 2.75) is 25.3 Å². The Bertz CT molecular complexity index is 622. The molecule has 0 aromatic heterocycles. The highest BCUT2D eigenvalue weighted by Gasteiger charge is 2.30. The van der Waals surface area contributed by atoms with Crippen LogP contribution in [0.15, 0.2) is 48.5 Å². The molecule has 1 atom stereocenters. The van der Waals surface area contributed by atoms with Gasteiger partial charge in [0.2, 0.25) is 0 Å². The van der Waals surface area contributed by atoms with E-state index in [1.54, 1.807) is 0 Å². The van der Waals surface area contributed by atoms with Gasteiger partial charge >= 0.3 is 0 Å². The average molecular weight is 283 g/mol. The summed E-state index contributed by atoms with van der Waals surface area (Å²) in [5.41, 5.74) is 8.67. The van der Waals surface area contributed by atoms with Crippen LogP contribution in [0.2, 0.25) is 0 Å². The fourth-order valence-electron chi connectivity index (χ4n) is 2.72. The monoisotopic (exact) mass is 283 g/mol. The number of ether oxygens (including phenoxy) is 2. The zero-order valence-corrected chi connectivity index (χ0v) is 12.5. The summed E-state index contributed by atoms with van der Waals surface area (Å²) in [4.78, 5) is 0. The Morgan fingerprint density at radius 1 is 0.952 bits per heavy atom. The summed E-state index contributed by atoms with van der Waals surface area (Å²) in [6, 6.07) is 16.2. The molecule has 1 aliphatic rings. The van der Waals surface area contributed by atoms with E-state index in [-0.39, 0.29) is 11.5 Å². The first-order valence-electron chi connectivity index (χ1n) is 7.29. The normalized spacial score (nSPS) is 15.6. The second kappa shape index (κ2) is 5.41. The third-order valence-corrected chi connectivity index (χ3v) is 4.22. The van der Waals surface area contributed by atoms with Gasteiger partial charge in [0.25, 0.3) is 0 Å². The Morgan fingerprint density at radius 2 is 1.62 bits per heavy atom. The van der Waals surface area contributed by atoms with E-state index in [1.807, 2.05) is 36.4 Å². The van der Waals surface area contributed by atoms with Gasteiger partial charge in [0.1, 0.15) is 13.2 Å². The van der Waals surface area contributed by atoms with Gasteiger partial charge in [-0.2, -0.15) is 0 Å². The lowest BCUT2D eigenvalue weighted by atomic mass is 9.75. The van der Waals surface area contributed by atoms with Gasteiger partial charge in [-0.1, -0.05) is 50.2 Å². The van der Waals surface area contributed by atoms with Gasteiger partial charge in [0, 0.05) is 11.5 Å². The van der Waals surface area contributed by atoms with Gasteiger partial charge in [0.05, 0.1) is 0 Å². The lowest BCUT2D eigenvalue weighted by Crippen LogP contribution is -2.33. The molecule has 0 fully saturated rings. The Morgan fingerprint density at radius 3 is 2.33 bits per heavy atom. The minimum absolute atomic E-state index is 0.115. The van der Waals surface area contributed by atoms with Crippen molar-refractivity contribution in [2.24, 2.45) is 5.73 Å². The van der Waals surface area contributed by atoms with Crippen LogP contribution < -0.4 is 15.2 Å². The van der Waals surface area contributed by atoms with E-state index in [4.69, 9.17) is 15.2 Å². The lowest BCUT2D eigenvalue weighted by Gasteiger charge is -2.33. The highest BCUT2D eigenvalue weighted by molar-refractivity contribution is 5.46. The van der Waals surface area contributed by atoms with Crippen molar-refractivity contribution in [2.75, 3.05) is 13.2 Å². The molecular weight excluding hydrogens is 262 g/mol. The van der Waals surface area contributed by atoms with E-state index in [1.165, 1.54) is 5.56 Å². The summed E-state index contributed by atoms with van der Waals surface area (Å²) in [5.74, 6) is 1.59. The van der Waals surface area contributed by atoms with Gasteiger partial charge in [-0.05, 0) is 23.3 Å². The highest BCUT2D eigenvalue weighted by atomic mass is 16.6. The summed E-state index contributed by atoms with van der Waals surface area (Å²) in [5, 5.41) is 0. The molecule has 0 aliphatic carbocycles. The molecule has 3 nitrogen and oxygen atoms in total. The van der Waals surface area contributed by atoms with Crippen molar-refractivity contribution >= 4 is 0 Å². The predicted octanol–water partition coefficient (Wildman–Crippen LogP) is 3.44. The Labute approximate surface area is 125 Å². The molecule has 3 rings (SSSR count). The van der Waals surface area contributed by atoms with Crippen LogP contribution in [0.3, 0.4) is 0 Å². The zero-order chi connectivity index (χ0) is 14.9. The number of hydrogen-bond donors (Lipinski definition) is 1. The SMILES string of the molecule is CC(C)(c1ccccc1)C(N)c1ccc2c(c1)OCCO2. The molecule has 1 aliphatic heterocycles. The fraction of sp³-hybridized carbons (Fsp3) is 0.333. The highest BCUT2D eigenvalue weighted by Crippen LogP contribution is 2.39. The Hall–Kier alpha value is -2.00. The molecule has 0 radical (unpaired) electrons. The molecule has 0 amide bonds. The molecule has 1 heterocycles. The Balaban J connectivity index is 1.92. The zero-order valence-electron chi connectivity index (χ0n) is 12.5. The van der Waals surface area contributed by atoms with Crippen molar-refractivity contribution in [1.29, 1.82) is 0 Å². The maximum absolute atomic E-state index is 6.54. The first kappa shape index (κ1) is 14.0. The van der Waals surface area contributed by atoms with Gasteiger partial charge in [-0.15, -0.1) is 0 Å². The third kappa shape index (κ3) is 2.61. The van der Waals surface area contributed by atoms with E-state index in [9.17, 15) is 0 Å². The number of hydrogen-bond acceptors (Lipinski definition) is 3. The van der Waals surface area contributed by atoms with E-state index in [2.05, 4.69) is 26.0 Å². The standard InChI is InChI=1S/C18H21NO2/c1-18(2,14-6-4-3-5-7-14)17(19)13-8-9-15-16(12-13)21-11-10-20-15/h3-9,12,17H,10-11,19H2,1-2H3. The summed E-state index contributed by atoms with van der Waals surface area (Å²) >= 11 is 0. The molecule has 0 bridgehead atoms. The first-order chi connectivity index (χ1) is 10.1. The maximum Gasteiger partial charge on any atom is 0.161 e. The van der Waals surface area contributed by atoms with Crippen LogP contribution in [0.5, 0.6) is 11.5 Å². The van der Waals surface area contributed by atoms with Crippen molar-refractivity contribution in [1.82, 2.24) is 0 Å². The maximum atomic E-state index is 6.54. The molecule has 1 unspecified atom stereocenters. The van der Waals surface area contributed by atoms with Crippen LogP contribution in [0.1, 0.15) is 31.0 Å². The molecule has 0 spiro atoms. The second-order valence-corrected chi connectivity index (χ2v) is 5.97. The summed E-state index contributed by atoms with van der Waals surface area (Å²) in [6.45, 7) is 5.54. The minimum atomic E-state index is -0.162. The number of benzene rings is 2. The number of fused-ring (bicyclic) bond motifs is 1. The molecule has 2 aromatic rings. The summed E-state index contributed by atoms with van der Waals surface area (Å²) < 4.78 is 11.2. The molecule has 2 aromatic carbocycles. The largest absolute Gasteiger partial charge is 0.486 e. The predicted molar refractivity (Wildman–Crippen MR) is 83.8 cm³/mol. The smallest absolute Gasteiger partial charge is 0.161 e. The topological polar surface area (TPSA) is 44.5 Å². The molecule has 2 N–H and O–H groups in total. The average Bonchev–Trinajstić information content (AvgIpc) is 2.54. The van der Waals surface area contributed by atoms with Crippen LogP contribution in [-0.2, 0) is 5.41 Å². The minimum Gasteiger partial charge on any atom is -0.486 e. The first-order valence-corrected chi connectivity index (χ1v) is 7.29. The lowest BCUT2D eigenvalue weighted by molar-refractivity contribution is 0.171. The van der Waals surface area contributed by atoms with Crippen LogP contribution in [0.4, 0.5) is 0 Å². The quantitative estimate of drug-likeness (QED) is 0.938. The van der Waals surface area contributed by atoms with Gasteiger partial charge in [0.15, 0.2) is 11.5 Å². The van der Waals surface area contributed by atoms with Crippen molar-refractivity contribution in [3.8, 4) is 11.5 Å². The molecule has 110 valence electrons.